The van der Waals surface area contributed by atoms with E-state index in [0.717, 1.165) is 44.3 Å². The van der Waals surface area contributed by atoms with Crippen LogP contribution in [0.2, 0.25) is 0 Å². The lowest BCUT2D eigenvalue weighted by Crippen LogP contribution is -2.19. The molecule has 0 amide bonds. The predicted octanol–water partition coefficient (Wildman–Crippen LogP) is 2.24. The summed E-state index contributed by atoms with van der Waals surface area (Å²) >= 11 is 0. The molecule has 1 aromatic rings. The van der Waals surface area contributed by atoms with Crippen LogP contribution in [-0.2, 0) is 4.74 Å². The fourth-order valence-electron chi connectivity index (χ4n) is 1.90. The molecule has 0 saturated carbocycles. The van der Waals surface area contributed by atoms with Gasteiger partial charge < -0.3 is 14.5 Å². The Bertz CT molecular complexity index is 319. The van der Waals surface area contributed by atoms with Crippen molar-refractivity contribution in [3.05, 3.63) is 17.8 Å². The largest absolute Gasteiger partial charge is 0.444 e. The lowest BCUT2D eigenvalue weighted by Gasteiger charge is -2.08. The first-order chi connectivity index (χ1) is 7.81. The molecule has 0 spiro atoms. The van der Waals surface area contributed by atoms with Gasteiger partial charge in [0, 0.05) is 12.5 Å². The third-order valence-corrected chi connectivity index (χ3v) is 2.94. The molecular weight excluding hydrogens is 204 g/mol. The number of hydrogen-bond donors (Lipinski definition) is 1. The molecule has 2 heterocycles. The number of nitrogens with zero attached hydrogens (tertiary/aromatic N) is 1. The lowest BCUT2D eigenvalue weighted by molar-refractivity contribution is 0.191. The van der Waals surface area contributed by atoms with Crippen LogP contribution in [0.4, 0.5) is 0 Å². The first-order valence-corrected chi connectivity index (χ1v) is 6.08. The molecule has 4 nitrogen and oxygen atoms in total. The fraction of sp³-hybridized carbons (Fsp3) is 0.750. The Kier molecular flexibility index (Phi) is 3.96. The second-order valence-corrected chi connectivity index (χ2v) is 4.34. The summed E-state index contributed by atoms with van der Waals surface area (Å²) in [5.74, 6) is 2.16. The fourth-order valence-corrected chi connectivity index (χ4v) is 1.90. The predicted molar refractivity (Wildman–Crippen MR) is 61.4 cm³/mol. The van der Waals surface area contributed by atoms with Crippen molar-refractivity contribution in [2.75, 3.05) is 19.8 Å². The van der Waals surface area contributed by atoms with E-state index in [1.54, 1.807) is 0 Å². The molecule has 0 bridgehead atoms. The Morgan fingerprint density at radius 3 is 3.19 bits per heavy atom. The van der Waals surface area contributed by atoms with Crippen molar-refractivity contribution in [2.45, 2.75) is 38.6 Å². The van der Waals surface area contributed by atoms with Gasteiger partial charge in [0.15, 0.2) is 0 Å². The second kappa shape index (κ2) is 5.46. The highest BCUT2D eigenvalue weighted by Gasteiger charge is 2.22. The van der Waals surface area contributed by atoms with Crippen molar-refractivity contribution >= 4 is 0 Å². The minimum atomic E-state index is 0.191. The number of nitrogens with one attached hydrogen (secondary N) is 1. The third kappa shape index (κ3) is 2.62. The van der Waals surface area contributed by atoms with E-state index in [-0.39, 0.29) is 6.04 Å². The average molecular weight is 224 g/mol. The van der Waals surface area contributed by atoms with Gasteiger partial charge in [-0.25, -0.2) is 4.98 Å². The first kappa shape index (κ1) is 11.6. The molecule has 2 unspecified atom stereocenters. The SMILES string of the molecule is CCCNC(C)c1ncc(C2CCOC2)o1. The van der Waals surface area contributed by atoms with Gasteiger partial charge in [0.25, 0.3) is 0 Å². The van der Waals surface area contributed by atoms with Gasteiger partial charge in [-0.2, -0.15) is 0 Å². The van der Waals surface area contributed by atoms with Gasteiger partial charge in [-0.1, -0.05) is 6.92 Å². The lowest BCUT2D eigenvalue weighted by atomic mass is 10.1. The Balaban J connectivity index is 1.95. The number of oxazole rings is 1. The van der Waals surface area contributed by atoms with Crippen LogP contribution in [0.15, 0.2) is 10.6 Å². The third-order valence-electron chi connectivity index (χ3n) is 2.94. The van der Waals surface area contributed by atoms with Crippen LogP contribution in [0.25, 0.3) is 0 Å². The van der Waals surface area contributed by atoms with Crippen LogP contribution < -0.4 is 5.32 Å². The van der Waals surface area contributed by atoms with Gasteiger partial charge in [0.2, 0.25) is 5.89 Å². The summed E-state index contributed by atoms with van der Waals surface area (Å²) in [4.78, 5) is 4.33. The molecule has 0 aromatic carbocycles. The van der Waals surface area contributed by atoms with Crippen LogP contribution in [-0.4, -0.2) is 24.7 Å². The topological polar surface area (TPSA) is 47.3 Å². The van der Waals surface area contributed by atoms with E-state index in [4.69, 9.17) is 9.15 Å². The highest BCUT2D eigenvalue weighted by Crippen LogP contribution is 2.26. The molecule has 0 aliphatic carbocycles. The van der Waals surface area contributed by atoms with Crippen molar-refractivity contribution in [3.63, 3.8) is 0 Å². The summed E-state index contributed by atoms with van der Waals surface area (Å²) in [7, 11) is 0. The zero-order valence-electron chi connectivity index (χ0n) is 10.0. The Labute approximate surface area is 96.4 Å². The summed E-state index contributed by atoms with van der Waals surface area (Å²) in [6, 6.07) is 0.191. The number of aromatic nitrogens is 1. The molecule has 2 atom stereocenters. The molecule has 1 N–H and O–H groups in total. The zero-order chi connectivity index (χ0) is 11.4. The summed E-state index contributed by atoms with van der Waals surface area (Å²) in [6.07, 6.45) is 4.01. The van der Waals surface area contributed by atoms with Crippen LogP contribution >= 0.6 is 0 Å². The van der Waals surface area contributed by atoms with Gasteiger partial charge in [-0.3, -0.25) is 0 Å². The van der Waals surface area contributed by atoms with Gasteiger partial charge in [0.1, 0.15) is 5.76 Å². The van der Waals surface area contributed by atoms with Gasteiger partial charge in [-0.05, 0) is 26.3 Å². The van der Waals surface area contributed by atoms with Crippen LogP contribution in [0.5, 0.6) is 0 Å². The van der Waals surface area contributed by atoms with E-state index < -0.39 is 0 Å². The highest BCUT2D eigenvalue weighted by molar-refractivity contribution is 5.05. The van der Waals surface area contributed by atoms with Crippen LogP contribution in [0, 0.1) is 0 Å². The Morgan fingerprint density at radius 1 is 1.62 bits per heavy atom. The highest BCUT2D eigenvalue weighted by atomic mass is 16.5. The minimum Gasteiger partial charge on any atom is -0.444 e. The molecule has 2 rings (SSSR count). The molecule has 1 fully saturated rings. The van der Waals surface area contributed by atoms with E-state index in [2.05, 4.69) is 24.1 Å². The van der Waals surface area contributed by atoms with Crippen LogP contribution in [0.3, 0.4) is 0 Å². The van der Waals surface area contributed by atoms with Crippen LogP contribution in [0.1, 0.15) is 50.3 Å². The molecule has 0 radical (unpaired) electrons. The van der Waals surface area contributed by atoms with Crippen molar-refractivity contribution < 1.29 is 9.15 Å². The van der Waals surface area contributed by atoms with E-state index in [1.807, 2.05) is 6.20 Å². The van der Waals surface area contributed by atoms with Crippen molar-refractivity contribution in [1.82, 2.24) is 10.3 Å². The average Bonchev–Trinajstić information content (AvgIpc) is 2.94. The zero-order valence-corrected chi connectivity index (χ0v) is 10.0. The van der Waals surface area contributed by atoms with Gasteiger partial charge in [0.05, 0.1) is 18.8 Å². The molecule has 1 aliphatic rings. The van der Waals surface area contributed by atoms with Crippen molar-refractivity contribution in [3.8, 4) is 0 Å². The molecule has 90 valence electrons. The normalized spacial score (nSPS) is 22.5. The monoisotopic (exact) mass is 224 g/mol. The maximum absolute atomic E-state index is 5.77. The number of hydrogen-bond acceptors (Lipinski definition) is 4. The molecule has 1 saturated heterocycles. The van der Waals surface area contributed by atoms with E-state index in [1.165, 1.54) is 0 Å². The van der Waals surface area contributed by atoms with Gasteiger partial charge in [-0.15, -0.1) is 0 Å². The van der Waals surface area contributed by atoms with E-state index >= 15 is 0 Å². The second-order valence-electron chi connectivity index (χ2n) is 4.34. The number of rotatable bonds is 5. The summed E-state index contributed by atoms with van der Waals surface area (Å²) in [5, 5.41) is 3.36. The minimum absolute atomic E-state index is 0.191. The summed E-state index contributed by atoms with van der Waals surface area (Å²) in [6.45, 7) is 6.83. The molecular formula is C12H20N2O2. The molecule has 1 aliphatic heterocycles. The first-order valence-electron chi connectivity index (χ1n) is 6.08. The van der Waals surface area contributed by atoms with E-state index in [9.17, 15) is 0 Å². The van der Waals surface area contributed by atoms with E-state index in [0.29, 0.717) is 5.92 Å². The maximum atomic E-state index is 5.77. The summed E-state index contributed by atoms with van der Waals surface area (Å²) < 4.78 is 11.1. The number of ether oxygens (including phenoxy) is 1. The van der Waals surface area contributed by atoms with Crippen molar-refractivity contribution in [1.29, 1.82) is 0 Å². The molecule has 4 heteroatoms. The summed E-state index contributed by atoms with van der Waals surface area (Å²) in [5.41, 5.74) is 0. The van der Waals surface area contributed by atoms with Crippen molar-refractivity contribution in [2.24, 2.45) is 0 Å². The smallest absolute Gasteiger partial charge is 0.211 e. The standard InChI is InChI=1S/C12H20N2O2/c1-3-5-13-9(2)12-14-7-11(16-12)10-4-6-15-8-10/h7,9-10,13H,3-6,8H2,1-2H3. The molecule has 16 heavy (non-hydrogen) atoms. The Hall–Kier alpha value is -0.870. The molecule has 1 aromatic heterocycles. The van der Waals surface area contributed by atoms with Gasteiger partial charge >= 0.3 is 0 Å². The maximum Gasteiger partial charge on any atom is 0.211 e. The quantitative estimate of drug-likeness (QED) is 0.833. The Morgan fingerprint density at radius 2 is 2.50 bits per heavy atom.